The molecule has 2 rings (SSSR count). The summed E-state index contributed by atoms with van der Waals surface area (Å²) in [6, 6.07) is 3.56. The smallest absolute Gasteiger partial charge is 0.252 e. The van der Waals surface area contributed by atoms with E-state index >= 15 is 0 Å². The molecule has 1 heterocycles. The summed E-state index contributed by atoms with van der Waals surface area (Å²) in [4.78, 5) is 28.4. The second kappa shape index (κ2) is 21.7. The average Bonchev–Trinajstić information content (AvgIpc) is 2.97. The Balaban J connectivity index is 1.42. The van der Waals surface area contributed by atoms with Crippen LogP contribution in [0.5, 0.6) is 0 Å². The quantitative estimate of drug-likeness (QED) is 0.151. The Kier molecular flexibility index (Phi) is 17.8. The molecular weight excluding hydrogens is 482 g/mol. The van der Waals surface area contributed by atoms with E-state index in [0.717, 1.165) is 77.2 Å². The molecule has 1 aromatic heterocycles. The molecule has 1 aromatic rings. The first-order chi connectivity index (χ1) is 19.2. The van der Waals surface area contributed by atoms with Crippen LogP contribution in [0, 0.1) is 11.8 Å². The Morgan fingerprint density at radius 3 is 1.87 bits per heavy atom. The summed E-state index contributed by atoms with van der Waals surface area (Å²) in [5, 5.41) is 6.16. The number of amides is 2. The highest BCUT2D eigenvalue weighted by atomic mass is 16.2. The number of rotatable bonds is 18. The number of hydrogen-bond donors (Lipinski definition) is 2. The zero-order chi connectivity index (χ0) is 27.8. The van der Waals surface area contributed by atoms with Crippen LogP contribution in [0.15, 0.2) is 85.3 Å². The van der Waals surface area contributed by atoms with E-state index in [9.17, 15) is 9.59 Å². The molecule has 1 saturated carbocycles. The van der Waals surface area contributed by atoms with Crippen LogP contribution in [0.4, 0.5) is 0 Å². The fourth-order valence-electron chi connectivity index (χ4n) is 4.57. The van der Waals surface area contributed by atoms with Crippen LogP contribution in [0.1, 0.15) is 94.3 Å². The van der Waals surface area contributed by atoms with Gasteiger partial charge in [0.2, 0.25) is 5.91 Å². The van der Waals surface area contributed by atoms with E-state index in [0.29, 0.717) is 30.4 Å². The van der Waals surface area contributed by atoms with Gasteiger partial charge >= 0.3 is 0 Å². The minimum absolute atomic E-state index is 0.0536. The molecule has 0 saturated heterocycles. The molecule has 0 bridgehead atoms. The maximum absolute atomic E-state index is 12.2. The first-order valence-electron chi connectivity index (χ1n) is 14.9. The second-order valence-electron chi connectivity index (χ2n) is 10.2. The number of allylic oxidation sites excluding steroid dienone is 10. The first-order valence-corrected chi connectivity index (χ1v) is 14.9. The molecule has 2 N–H and O–H groups in total. The number of unbranched alkanes of at least 4 members (excludes halogenated alkanes) is 1. The minimum atomic E-state index is -0.0536. The van der Waals surface area contributed by atoms with Gasteiger partial charge in [-0.05, 0) is 94.6 Å². The predicted molar refractivity (Wildman–Crippen MR) is 163 cm³/mol. The molecule has 1 aliphatic rings. The maximum Gasteiger partial charge on any atom is 0.252 e. The number of nitrogens with one attached hydrogen (secondary N) is 2. The fourth-order valence-corrected chi connectivity index (χ4v) is 4.57. The standard InChI is InChI=1S/C34H49N3O2/c1-2-3-4-5-6-7-8-9-10-11-12-13-14-15-16-17-18-21-33(38)36-27-30-22-24-31(25-23-30)28-37-34(39)32-20-19-26-35-29-32/h3-4,6-7,9-10,12-13,15-16,19-20,26,29-31H,2,5,8,11,14,17-18,21-25,27-28H2,1H3,(H,36,38)(H,37,39). The topological polar surface area (TPSA) is 71.1 Å². The summed E-state index contributed by atoms with van der Waals surface area (Å²) in [6.45, 7) is 3.64. The van der Waals surface area contributed by atoms with Crippen LogP contribution in [-0.4, -0.2) is 29.9 Å². The van der Waals surface area contributed by atoms with Crippen LogP contribution >= 0.6 is 0 Å². The van der Waals surface area contributed by atoms with Crippen molar-refractivity contribution in [2.45, 2.75) is 84.0 Å². The van der Waals surface area contributed by atoms with Crippen LogP contribution in [0.2, 0.25) is 0 Å². The molecule has 2 amide bonds. The number of nitrogens with zero attached hydrogens (tertiary/aromatic N) is 1. The zero-order valence-electron chi connectivity index (χ0n) is 23.9. The third kappa shape index (κ3) is 16.4. The number of aromatic nitrogens is 1. The van der Waals surface area contributed by atoms with Crippen LogP contribution < -0.4 is 10.6 Å². The minimum Gasteiger partial charge on any atom is -0.356 e. The highest BCUT2D eigenvalue weighted by molar-refractivity contribution is 5.93. The van der Waals surface area contributed by atoms with Gasteiger partial charge in [0, 0.05) is 31.9 Å². The molecule has 39 heavy (non-hydrogen) atoms. The molecule has 5 nitrogen and oxygen atoms in total. The molecule has 0 spiro atoms. The maximum atomic E-state index is 12.2. The van der Waals surface area contributed by atoms with Crippen molar-refractivity contribution in [2.24, 2.45) is 11.8 Å². The fraction of sp³-hybridized carbons (Fsp3) is 0.500. The molecular formula is C34H49N3O2. The summed E-state index contributed by atoms with van der Waals surface area (Å²) in [5.74, 6) is 1.17. The van der Waals surface area contributed by atoms with Crippen LogP contribution in [0.25, 0.3) is 0 Å². The van der Waals surface area contributed by atoms with Gasteiger partial charge in [-0.15, -0.1) is 0 Å². The predicted octanol–water partition coefficient (Wildman–Crippen LogP) is 7.66. The highest BCUT2D eigenvalue weighted by Gasteiger charge is 2.22. The van der Waals surface area contributed by atoms with Gasteiger partial charge in [0.15, 0.2) is 0 Å². The summed E-state index contributed by atoms with van der Waals surface area (Å²) in [5.41, 5.74) is 0.607. The van der Waals surface area contributed by atoms with Gasteiger partial charge in [-0.1, -0.05) is 67.7 Å². The first kappa shape index (κ1) is 32.0. The van der Waals surface area contributed by atoms with E-state index in [-0.39, 0.29) is 11.8 Å². The van der Waals surface area contributed by atoms with Crippen molar-refractivity contribution in [3.63, 3.8) is 0 Å². The summed E-state index contributed by atoms with van der Waals surface area (Å²) >= 11 is 0. The van der Waals surface area contributed by atoms with Crippen molar-refractivity contribution in [3.8, 4) is 0 Å². The van der Waals surface area contributed by atoms with Gasteiger partial charge in [0.1, 0.15) is 0 Å². The van der Waals surface area contributed by atoms with Crippen molar-refractivity contribution < 1.29 is 9.59 Å². The molecule has 0 unspecified atom stereocenters. The van der Waals surface area contributed by atoms with E-state index < -0.39 is 0 Å². The Labute approximate surface area is 236 Å². The Morgan fingerprint density at radius 1 is 0.795 bits per heavy atom. The Morgan fingerprint density at radius 2 is 1.33 bits per heavy atom. The molecule has 212 valence electrons. The van der Waals surface area contributed by atoms with Crippen LogP contribution in [0.3, 0.4) is 0 Å². The van der Waals surface area contributed by atoms with Crippen molar-refractivity contribution in [3.05, 3.63) is 90.9 Å². The Hall–Kier alpha value is -3.21. The lowest BCUT2D eigenvalue weighted by molar-refractivity contribution is -0.121. The molecule has 5 heteroatoms. The monoisotopic (exact) mass is 531 g/mol. The lowest BCUT2D eigenvalue weighted by Gasteiger charge is -2.28. The second-order valence-corrected chi connectivity index (χ2v) is 10.2. The SMILES string of the molecule is CCC=CCC=CCC=CCC=CCC=CCCCC(=O)NCC1CCC(CNC(=O)c2cccnc2)CC1. The lowest BCUT2D eigenvalue weighted by atomic mass is 9.82. The van der Waals surface area contributed by atoms with Crippen molar-refractivity contribution in [1.82, 2.24) is 15.6 Å². The lowest BCUT2D eigenvalue weighted by Crippen LogP contribution is -2.34. The van der Waals surface area contributed by atoms with Gasteiger partial charge in [-0.3, -0.25) is 14.6 Å². The number of carbonyl (C=O) groups excluding carboxylic acids is 2. The summed E-state index contributed by atoms with van der Waals surface area (Å²) in [7, 11) is 0. The van der Waals surface area contributed by atoms with Gasteiger partial charge in [-0.25, -0.2) is 0 Å². The average molecular weight is 532 g/mol. The van der Waals surface area contributed by atoms with Gasteiger partial charge in [0.05, 0.1) is 5.56 Å². The van der Waals surface area contributed by atoms with Crippen molar-refractivity contribution in [2.75, 3.05) is 13.1 Å². The molecule has 1 fully saturated rings. The summed E-state index contributed by atoms with van der Waals surface area (Å²) < 4.78 is 0. The number of pyridine rings is 1. The highest BCUT2D eigenvalue weighted by Crippen LogP contribution is 2.28. The summed E-state index contributed by atoms with van der Waals surface area (Å²) in [6.07, 6.45) is 37.1. The van der Waals surface area contributed by atoms with Crippen molar-refractivity contribution >= 4 is 11.8 Å². The normalized spacial score (nSPS) is 18.2. The number of carbonyl (C=O) groups is 2. The van der Waals surface area contributed by atoms with Gasteiger partial charge < -0.3 is 10.6 Å². The third-order valence-electron chi connectivity index (χ3n) is 6.96. The van der Waals surface area contributed by atoms with Crippen LogP contribution in [-0.2, 0) is 4.79 Å². The van der Waals surface area contributed by atoms with E-state index in [1.54, 1.807) is 24.5 Å². The number of hydrogen-bond acceptors (Lipinski definition) is 3. The largest absolute Gasteiger partial charge is 0.356 e. The third-order valence-corrected chi connectivity index (χ3v) is 6.96. The van der Waals surface area contributed by atoms with E-state index in [1.807, 2.05) is 0 Å². The molecule has 1 aliphatic carbocycles. The van der Waals surface area contributed by atoms with E-state index in [2.05, 4.69) is 83.3 Å². The van der Waals surface area contributed by atoms with Gasteiger partial charge in [0.25, 0.3) is 5.91 Å². The Bertz CT molecular complexity index is 938. The molecule has 0 atom stereocenters. The molecule has 0 aliphatic heterocycles. The van der Waals surface area contributed by atoms with E-state index in [4.69, 9.17) is 0 Å². The van der Waals surface area contributed by atoms with Crippen molar-refractivity contribution in [1.29, 1.82) is 0 Å². The molecule has 0 aromatic carbocycles. The zero-order valence-corrected chi connectivity index (χ0v) is 23.9. The van der Waals surface area contributed by atoms with E-state index in [1.165, 1.54) is 0 Å². The van der Waals surface area contributed by atoms with Gasteiger partial charge in [-0.2, -0.15) is 0 Å². The molecule has 0 radical (unpaired) electrons.